The summed E-state index contributed by atoms with van der Waals surface area (Å²) in [4.78, 5) is 12.9. The summed E-state index contributed by atoms with van der Waals surface area (Å²) >= 11 is 0. The topological polar surface area (TPSA) is 79.7 Å². The molecule has 1 aliphatic heterocycles. The average Bonchev–Trinajstić information content (AvgIpc) is 3.40. The molecule has 0 atom stereocenters. The number of pyridine rings is 1. The molecule has 0 radical (unpaired) electrons. The van der Waals surface area contributed by atoms with Crippen molar-refractivity contribution in [2.75, 3.05) is 14.2 Å². The molecule has 0 aliphatic carbocycles. The number of benzene rings is 3. The van der Waals surface area contributed by atoms with Crippen LogP contribution < -0.4 is 20.2 Å². The summed E-state index contributed by atoms with van der Waals surface area (Å²) in [6.45, 7) is 0. The Kier molecular flexibility index (Phi) is 4.59. The number of para-hydroxylation sites is 2. The fourth-order valence-corrected chi connectivity index (χ4v) is 4.46. The van der Waals surface area contributed by atoms with E-state index < -0.39 is 0 Å². The van der Waals surface area contributed by atoms with Crippen molar-refractivity contribution in [3.63, 3.8) is 0 Å². The zero-order chi connectivity index (χ0) is 23.2. The van der Waals surface area contributed by atoms with Crippen LogP contribution in [0.25, 0.3) is 39.4 Å². The molecule has 2 N–H and O–H groups in total. The van der Waals surface area contributed by atoms with E-state index in [1.807, 2.05) is 72.8 Å². The maximum Gasteiger partial charge on any atom is 0.196 e. The Balaban J connectivity index is 1.66. The first-order valence-corrected chi connectivity index (χ1v) is 10.9. The maximum atomic E-state index is 10.6. The third-order valence-electron chi connectivity index (χ3n) is 6.08. The molecule has 0 unspecified atom stereocenters. The molecular weight excluding hydrogens is 426 g/mol. The Morgan fingerprint density at radius 3 is 2.38 bits per heavy atom. The Morgan fingerprint density at radius 2 is 1.59 bits per heavy atom. The van der Waals surface area contributed by atoms with Crippen molar-refractivity contribution >= 4 is 22.7 Å². The van der Waals surface area contributed by atoms with Gasteiger partial charge in [0.2, 0.25) is 0 Å². The zero-order valence-electron chi connectivity index (χ0n) is 18.7. The van der Waals surface area contributed by atoms with Gasteiger partial charge < -0.3 is 19.6 Å². The van der Waals surface area contributed by atoms with Crippen LogP contribution in [0.5, 0.6) is 17.4 Å². The van der Waals surface area contributed by atoms with Gasteiger partial charge in [-0.3, -0.25) is 0 Å². The van der Waals surface area contributed by atoms with Gasteiger partial charge in [-0.25, -0.2) is 9.98 Å². The third-order valence-corrected chi connectivity index (χ3v) is 6.08. The molecule has 3 heterocycles. The van der Waals surface area contributed by atoms with Gasteiger partial charge in [0.05, 0.1) is 36.3 Å². The van der Waals surface area contributed by atoms with Crippen molar-refractivity contribution in [2.24, 2.45) is 4.99 Å². The van der Waals surface area contributed by atoms with Crippen LogP contribution in [0.15, 0.2) is 77.8 Å². The number of methoxy groups -OCH3 is 2. The van der Waals surface area contributed by atoms with Gasteiger partial charge in [-0.2, -0.15) is 0 Å². The first-order chi connectivity index (χ1) is 16.6. The molecule has 166 valence electrons. The number of fused-ring (bicyclic) bond motifs is 4. The van der Waals surface area contributed by atoms with Crippen molar-refractivity contribution in [3.05, 3.63) is 89.1 Å². The van der Waals surface area contributed by atoms with Crippen LogP contribution in [-0.2, 0) is 0 Å². The number of aromatic amines is 1. The van der Waals surface area contributed by atoms with E-state index in [1.54, 1.807) is 14.2 Å². The van der Waals surface area contributed by atoms with Crippen molar-refractivity contribution in [1.29, 1.82) is 0 Å². The SMILES string of the molecule is COc1cc(OC)cc(-c2n/c(=C\c3c(O)[nH]c4ccccc34)cc3c2=Nc2ccccc2-3)c1. The Labute approximate surface area is 195 Å². The lowest BCUT2D eigenvalue weighted by molar-refractivity contribution is 0.394. The molecule has 0 bridgehead atoms. The van der Waals surface area contributed by atoms with Gasteiger partial charge >= 0.3 is 0 Å². The van der Waals surface area contributed by atoms with E-state index in [1.165, 1.54) is 0 Å². The minimum atomic E-state index is 0.109. The number of rotatable bonds is 4. The predicted molar refractivity (Wildman–Crippen MR) is 132 cm³/mol. The Bertz CT molecular complexity index is 1680. The standard InChI is InChI=1S/C28H21N3O3/c1-33-18-11-16(12-19(15-18)34-2)26-27-22(20-7-3-5-9-24(20)30-27)13-17(29-26)14-23-21-8-4-6-10-25(21)31-28(23)32/h3-15,31-32H,1-2H3/b17-14-. The second-order valence-electron chi connectivity index (χ2n) is 8.10. The minimum absolute atomic E-state index is 0.109. The quantitative estimate of drug-likeness (QED) is 0.410. The van der Waals surface area contributed by atoms with Crippen LogP contribution in [0.3, 0.4) is 0 Å². The van der Waals surface area contributed by atoms with Gasteiger partial charge in [-0.05, 0) is 36.4 Å². The fraction of sp³-hybridized carbons (Fsp3) is 0.0714. The van der Waals surface area contributed by atoms with Crippen molar-refractivity contribution < 1.29 is 14.6 Å². The van der Waals surface area contributed by atoms with E-state index in [9.17, 15) is 5.11 Å². The molecule has 34 heavy (non-hydrogen) atoms. The summed E-state index contributed by atoms with van der Waals surface area (Å²) in [7, 11) is 3.25. The van der Waals surface area contributed by atoms with E-state index >= 15 is 0 Å². The minimum Gasteiger partial charge on any atom is -0.497 e. The second-order valence-corrected chi connectivity index (χ2v) is 8.10. The first-order valence-electron chi connectivity index (χ1n) is 10.9. The van der Waals surface area contributed by atoms with Crippen molar-refractivity contribution in [2.45, 2.75) is 0 Å². The maximum absolute atomic E-state index is 10.6. The first kappa shape index (κ1) is 20.1. The van der Waals surface area contributed by atoms with E-state index in [2.05, 4.69) is 11.1 Å². The molecule has 0 saturated carbocycles. The smallest absolute Gasteiger partial charge is 0.196 e. The number of hydrogen-bond donors (Lipinski definition) is 2. The van der Waals surface area contributed by atoms with E-state index in [4.69, 9.17) is 19.5 Å². The zero-order valence-corrected chi connectivity index (χ0v) is 18.7. The summed E-state index contributed by atoms with van der Waals surface area (Å²) in [6.07, 6.45) is 1.90. The molecule has 3 aromatic carbocycles. The molecule has 0 saturated heterocycles. The van der Waals surface area contributed by atoms with Crippen LogP contribution in [0.4, 0.5) is 5.69 Å². The van der Waals surface area contributed by atoms with Crippen LogP contribution >= 0.6 is 0 Å². The van der Waals surface area contributed by atoms with Gasteiger partial charge in [0.1, 0.15) is 11.5 Å². The van der Waals surface area contributed by atoms with Gasteiger partial charge in [0, 0.05) is 39.2 Å². The van der Waals surface area contributed by atoms with Crippen molar-refractivity contribution in [3.8, 4) is 39.8 Å². The largest absolute Gasteiger partial charge is 0.497 e. The van der Waals surface area contributed by atoms with E-state index in [-0.39, 0.29) is 5.88 Å². The summed E-state index contributed by atoms with van der Waals surface area (Å²) in [5.74, 6) is 1.45. The number of ether oxygens (including phenoxy) is 2. The summed E-state index contributed by atoms with van der Waals surface area (Å²) < 4.78 is 11.0. The second kappa shape index (κ2) is 7.78. The lowest BCUT2D eigenvalue weighted by atomic mass is 10.0. The molecule has 0 amide bonds. The lowest BCUT2D eigenvalue weighted by Crippen LogP contribution is -2.19. The summed E-state index contributed by atoms with van der Waals surface area (Å²) in [5.41, 5.74) is 6.06. The number of hydrogen-bond acceptors (Lipinski definition) is 5. The summed E-state index contributed by atoms with van der Waals surface area (Å²) in [6, 6.07) is 23.5. The number of nitrogens with zero attached hydrogens (tertiary/aromatic N) is 2. The number of aromatic hydroxyl groups is 1. The van der Waals surface area contributed by atoms with Gasteiger partial charge in [0.25, 0.3) is 0 Å². The van der Waals surface area contributed by atoms with Crippen LogP contribution in [-0.4, -0.2) is 29.3 Å². The summed E-state index contributed by atoms with van der Waals surface area (Å²) in [5, 5.41) is 13.0. The highest BCUT2D eigenvalue weighted by Crippen LogP contribution is 2.34. The third kappa shape index (κ3) is 3.19. The predicted octanol–water partition coefficient (Wildman–Crippen LogP) is 4.71. The van der Waals surface area contributed by atoms with Gasteiger partial charge in [0.15, 0.2) is 5.88 Å². The van der Waals surface area contributed by atoms with E-state index in [0.717, 1.165) is 44.3 Å². The highest BCUT2D eigenvalue weighted by Gasteiger charge is 2.19. The Hall–Kier alpha value is -4.58. The molecule has 0 spiro atoms. The Morgan fingerprint density at radius 1 is 0.853 bits per heavy atom. The number of aromatic nitrogens is 2. The average molecular weight is 447 g/mol. The molecule has 5 aromatic rings. The molecule has 6 rings (SSSR count). The van der Waals surface area contributed by atoms with Gasteiger partial charge in [-0.1, -0.05) is 36.4 Å². The molecule has 1 aliphatic rings. The monoisotopic (exact) mass is 447 g/mol. The van der Waals surface area contributed by atoms with E-state index in [0.29, 0.717) is 22.4 Å². The van der Waals surface area contributed by atoms with Crippen LogP contribution in [0.2, 0.25) is 0 Å². The van der Waals surface area contributed by atoms with Crippen LogP contribution in [0, 0.1) is 0 Å². The molecular formula is C28H21N3O3. The number of nitrogens with one attached hydrogen (secondary N) is 1. The fourth-order valence-electron chi connectivity index (χ4n) is 4.46. The number of H-pyrrole nitrogens is 1. The lowest BCUT2D eigenvalue weighted by Gasteiger charge is -2.09. The normalized spacial score (nSPS) is 12.4. The molecule has 0 fully saturated rings. The van der Waals surface area contributed by atoms with Crippen LogP contribution in [0.1, 0.15) is 5.56 Å². The molecule has 6 heteroatoms. The van der Waals surface area contributed by atoms with Crippen molar-refractivity contribution in [1.82, 2.24) is 9.97 Å². The molecule has 6 nitrogen and oxygen atoms in total. The highest BCUT2D eigenvalue weighted by atomic mass is 16.5. The molecule has 2 aromatic heterocycles. The highest BCUT2D eigenvalue weighted by molar-refractivity contribution is 5.92. The van der Waals surface area contributed by atoms with Gasteiger partial charge in [-0.15, -0.1) is 0 Å².